The smallest absolute Gasteiger partial charge is 0.323 e. The van der Waals surface area contributed by atoms with Gasteiger partial charge in [-0.15, -0.1) is 0 Å². The van der Waals surface area contributed by atoms with Crippen LogP contribution in [-0.4, -0.2) is 12.0 Å². The quantitative estimate of drug-likeness (QED) is 0.785. The van der Waals surface area contributed by atoms with E-state index in [0.29, 0.717) is 5.69 Å². The van der Waals surface area contributed by atoms with Crippen molar-refractivity contribution in [3.05, 3.63) is 59.7 Å². The highest BCUT2D eigenvalue weighted by molar-refractivity contribution is 5.99. The number of hydrogen-bond donors (Lipinski definition) is 2. The zero-order chi connectivity index (χ0) is 18.9. The minimum Gasteiger partial charge on any atom is -0.457 e. The first-order chi connectivity index (χ1) is 12.2. The minimum atomic E-state index is -0.733. The van der Waals surface area contributed by atoms with Crippen LogP contribution in [0.2, 0.25) is 0 Å². The Bertz CT molecular complexity index is 868. The van der Waals surface area contributed by atoms with Crippen molar-refractivity contribution in [2.45, 2.75) is 26.4 Å². The zero-order valence-electron chi connectivity index (χ0n) is 14.3. The van der Waals surface area contributed by atoms with Crippen LogP contribution in [0.5, 0.6) is 0 Å². The molecule has 0 aliphatic carbocycles. The van der Waals surface area contributed by atoms with Crippen LogP contribution >= 0.6 is 0 Å². The Morgan fingerprint density at radius 2 is 1.81 bits per heavy atom. The second-order valence-corrected chi connectivity index (χ2v) is 6.86. The summed E-state index contributed by atoms with van der Waals surface area (Å²) in [6, 6.07) is 8.89. The lowest BCUT2D eigenvalue weighted by Gasteiger charge is -2.24. The van der Waals surface area contributed by atoms with Gasteiger partial charge in [-0.25, -0.2) is 13.6 Å². The van der Waals surface area contributed by atoms with E-state index in [0.717, 1.165) is 0 Å². The Labute approximate surface area is 149 Å². The Morgan fingerprint density at radius 1 is 1.12 bits per heavy atom. The molecule has 0 radical (unpaired) electrons. The van der Waals surface area contributed by atoms with E-state index in [4.69, 9.17) is 4.74 Å². The summed E-state index contributed by atoms with van der Waals surface area (Å²) in [5.41, 5.74) is 0.259. The summed E-state index contributed by atoms with van der Waals surface area (Å²) in [7, 11) is 0. The summed E-state index contributed by atoms with van der Waals surface area (Å²) in [6.07, 6.45) is -0.544. The standard InChI is InChI=1S/C19H18F2N2O3/c1-19(2)10-16(24)26-17(19)14-9-13(6-7-15(14)21)23-18(25)22-12-5-3-4-11(20)8-12/h3-9,17H,10H2,1-2H3,(H2,22,23,25). The summed E-state index contributed by atoms with van der Waals surface area (Å²) in [4.78, 5) is 23.7. The summed E-state index contributed by atoms with van der Waals surface area (Å²) < 4.78 is 32.7. The Hall–Kier alpha value is -2.96. The van der Waals surface area contributed by atoms with E-state index in [-0.39, 0.29) is 23.6 Å². The first-order valence-electron chi connectivity index (χ1n) is 8.07. The second kappa shape index (κ2) is 6.74. The average Bonchev–Trinajstić information content (AvgIpc) is 2.81. The highest BCUT2D eigenvalue weighted by Crippen LogP contribution is 2.46. The first kappa shape index (κ1) is 17.8. The number of esters is 1. The largest absolute Gasteiger partial charge is 0.457 e. The van der Waals surface area contributed by atoms with E-state index in [2.05, 4.69) is 10.6 Å². The van der Waals surface area contributed by atoms with Crippen molar-refractivity contribution in [3.8, 4) is 0 Å². The minimum absolute atomic E-state index is 0.189. The molecule has 1 aliphatic heterocycles. The summed E-state index contributed by atoms with van der Waals surface area (Å²) in [5, 5.41) is 5.05. The predicted octanol–water partition coefficient (Wildman–Crippen LogP) is 4.62. The molecule has 1 atom stereocenters. The maximum absolute atomic E-state index is 14.3. The highest BCUT2D eigenvalue weighted by atomic mass is 19.1. The molecule has 1 saturated heterocycles. The molecule has 0 bridgehead atoms. The topological polar surface area (TPSA) is 67.4 Å². The molecule has 2 N–H and O–H groups in total. The molecular weight excluding hydrogens is 342 g/mol. The number of carbonyl (C=O) groups excluding carboxylic acids is 2. The molecule has 26 heavy (non-hydrogen) atoms. The monoisotopic (exact) mass is 360 g/mol. The summed E-state index contributed by atoms with van der Waals surface area (Å²) >= 11 is 0. The highest BCUT2D eigenvalue weighted by Gasteiger charge is 2.43. The molecule has 2 aromatic carbocycles. The van der Waals surface area contributed by atoms with E-state index in [1.807, 2.05) is 13.8 Å². The van der Waals surface area contributed by atoms with Crippen LogP contribution in [0.3, 0.4) is 0 Å². The fourth-order valence-electron chi connectivity index (χ4n) is 2.96. The van der Waals surface area contributed by atoms with Gasteiger partial charge in [-0.1, -0.05) is 19.9 Å². The van der Waals surface area contributed by atoms with Gasteiger partial charge in [-0.3, -0.25) is 4.79 Å². The number of anilines is 2. The third-order valence-corrected chi connectivity index (χ3v) is 4.18. The molecule has 0 aromatic heterocycles. The lowest BCUT2D eigenvalue weighted by Crippen LogP contribution is -2.21. The molecule has 0 spiro atoms. The van der Waals surface area contributed by atoms with Gasteiger partial charge in [-0.2, -0.15) is 0 Å². The van der Waals surface area contributed by atoms with Crippen molar-refractivity contribution in [1.29, 1.82) is 0 Å². The van der Waals surface area contributed by atoms with Crippen LogP contribution in [0.1, 0.15) is 31.9 Å². The van der Waals surface area contributed by atoms with Gasteiger partial charge in [0.25, 0.3) is 0 Å². The number of cyclic esters (lactones) is 1. The molecule has 1 aliphatic rings. The number of hydrogen-bond acceptors (Lipinski definition) is 3. The predicted molar refractivity (Wildman–Crippen MR) is 92.7 cm³/mol. The van der Waals surface area contributed by atoms with Crippen LogP contribution in [0.25, 0.3) is 0 Å². The number of halogens is 2. The Kier molecular flexibility index (Phi) is 4.63. The first-order valence-corrected chi connectivity index (χ1v) is 8.07. The fraction of sp³-hybridized carbons (Fsp3) is 0.263. The van der Waals surface area contributed by atoms with Crippen molar-refractivity contribution >= 4 is 23.4 Å². The van der Waals surface area contributed by atoms with Gasteiger partial charge >= 0.3 is 12.0 Å². The molecule has 1 heterocycles. The third-order valence-electron chi connectivity index (χ3n) is 4.18. The van der Waals surface area contributed by atoms with Crippen LogP contribution in [0.4, 0.5) is 25.0 Å². The zero-order valence-corrected chi connectivity index (χ0v) is 14.3. The van der Waals surface area contributed by atoms with E-state index in [1.165, 1.54) is 36.4 Å². The average molecular weight is 360 g/mol. The molecule has 1 unspecified atom stereocenters. The van der Waals surface area contributed by atoms with Gasteiger partial charge in [0.05, 0.1) is 6.42 Å². The van der Waals surface area contributed by atoms with E-state index >= 15 is 0 Å². The molecule has 1 fully saturated rings. The molecule has 2 amide bonds. The number of rotatable bonds is 3. The Balaban J connectivity index is 1.77. The van der Waals surface area contributed by atoms with Gasteiger partial charge in [0.15, 0.2) is 0 Å². The molecule has 0 saturated carbocycles. The second-order valence-electron chi connectivity index (χ2n) is 6.86. The fourth-order valence-corrected chi connectivity index (χ4v) is 2.96. The lowest BCUT2D eigenvalue weighted by atomic mass is 9.82. The number of benzene rings is 2. The number of nitrogens with one attached hydrogen (secondary N) is 2. The molecule has 136 valence electrons. The van der Waals surface area contributed by atoms with Crippen molar-refractivity contribution in [3.63, 3.8) is 0 Å². The van der Waals surface area contributed by atoms with Crippen molar-refractivity contribution in [2.24, 2.45) is 5.41 Å². The van der Waals surface area contributed by atoms with Gasteiger partial charge < -0.3 is 15.4 Å². The normalized spacial score (nSPS) is 18.3. The van der Waals surface area contributed by atoms with E-state index < -0.39 is 29.2 Å². The number of ether oxygens (including phenoxy) is 1. The van der Waals surface area contributed by atoms with Crippen LogP contribution < -0.4 is 10.6 Å². The van der Waals surface area contributed by atoms with Gasteiger partial charge in [-0.05, 0) is 36.4 Å². The third kappa shape index (κ3) is 3.82. The molecular formula is C19H18F2N2O3. The Morgan fingerprint density at radius 3 is 2.42 bits per heavy atom. The lowest BCUT2D eigenvalue weighted by molar-refractivity contribution is -0.142. The van der Waals surface area contributed by atoms with Gasteiger partial charge in [0.2, 0.25) is 0 Å². The van der Waals surface area contributed by atoms with Crippen molar-refractivity contribution < 1.29 is 23.1 Å². The van der Waals surface area contributed by atoms with Crippen molar-refractivity contribution in [1.82, 2.24) is 0 Å². The number of amides is 2. The summed E-state index contributed by atoms with van der Waals surface area (Å²) in [5.74, 6) is -1.38. The van der Waals surface area contributed by atoms with E-state index in [1.54, 1.807) is 6.07 Å². The van der Waals surface area contributed by atoms with Crippen molar-refractivity contribution in [2.75, 3.05) is 10.6 Å². The maximum Gasteiger partial charge on any atom is 0.323 e. The number of carbonyl (C=O) groups is 2. The number of urea groups is 1. The van der Waals surface area contributed by atoms with Crippen LogP contribution in [0.15, 0.2) is 42.5 Å². The van der Waals surface area contributed by atoms with E-state index in [9.17, 15) is 18.4 Å². The molecule has 3 rings (SSSR count). The van der Waals surface area contributed by atoms with Gasteiger partial charge in [0.1, 0.15) is 17.7 Å². The summed E-state index contributed by atoms with van der Waals surface area (Å²) in [6.45, 7) is 3.64. The maximum atomic E-state index is 14.3. The molecule has 5 nitrogen and oxygen atoms in total. The molecule has 2 aromatic rings. The van der Waals surface area contributed by atoms with Gasteiger partial charge in [0, 0.05) is 22.4 Å². The van der Waals surface area contributed by atoms with Crippen LogP contribution in [0, 0.1) is 17.0 Å². The van der Waals surface area contributed by atoms with Crippen LogP contribution in [-0.2, 0) is 9.53 Å². The molecule has 7 heteroatoms. The SMILES string of the molecule is CC1(C)CC(=O)OC1c1cc(NC(=O)Nc2cccc(F)c2)ccc1F.